The minimum absolute atomic E-state index is 0.113. The summed E-state index contributed by atoms with van der Waals surface area (Å²) in [5, 5.41) is 16.1. The van der Waals surface area contributed by atoms with Crippen molar-refractivity contribution < 1.29 is 13.9 Å². The zero-order valence-corrected chi connectivity index (χ0v) is 17.9. The van der Waals surface area contributed by atoms with E-state index in [1.807, 2.05) is 50.2 Å². The van der Waals surface area contributed by atoms with Crippen molar-refractivity contribution in [3.8, 4) is 34.3 Å². The molecule has 30 heavy (non-hydrogen) atoms. The van der Waals surface area contributed by atoms with E-state index in [2.05, 4.69) is 25.4 Å². The molecule has 2 heterocycles. The maximum atomic E-state index is 5.85. The molecular weight excluding hydrogens is 402 g/mol. The highest BCUT2D eigenvalue weighted by atomic mass is 32.2. The molecule has 0 spiro atoms. The Balaban J connectivity index is 1.50. The number of H-pyrrole nitrogens is 1. The number of aromatic nitrogens is 5. The lowest BCUT2D eigenvalue weighted by molar-refractivity contribution is 0.395. The number of ether oxygens (including phenoxy) is 2. The van der Waals surface area contributed by atoms with Crippen LogP contribution in [0.1, 0.15) is 23.6 Å². The first-order valence-electron chi connectivity index (χ1n) is 9.29. The standard InChI is InChI=1S/C21H21N5O3S/c1-12-5-7-14(8-6-12)20-25-24-19(29-20)13(2)30-21-22-18(23-26-21)16-10-9-15(27-3)11-17(16)28-4/h5-11,13H,1-4H3,(H,22,23,26). The second-order valence-electron chi connectivity index (χ2n) is 6.60. The molecular formula is C21H21N5O3S. The van der Waals surface area contributed by atoms with Gasteiger partial charge in [-0.2, -0.15) is 0 Å². The highest BCUT2D eigenvalue weighted by molar-refractivity contribution is 7.99. The summed E-state index contributed by atoms with van der Waals surface area (Å²) in [6, 6.07) is 13.5. The summed E-state index contributed by atoms with van der Waals surface area (Å²) in [6.45, 7) is 4.01. The fourth-order valence-electron chi connectivity index (χ4n) is 2.83. The molecule has 0 aliphatic heterocycles. The van der Waals surface area contributed by atoms with Crippen molar-refractivity contribution in [2.75, 3.05) is 14.2 Å². The third-order valence-corrected chi connectivity index (χ3v) is 5.45. The second-order valence-corrected chi connectivity index (χ2v) is 7.91. The largest absolute Gasteiger partial charge is 0.497 e. The molecule has 1 atom stereocenters. The smallest absolute Gasteiger partial charge is 0.247 e. The first-order chi connectivity index (χ1) is 14.6. The lowest BCUT2D eigenvalue weighted by Gasteiger charge is -2.07. The summed E-state index contributed by atoms with van der Waals surface area (Å²) in [7, 11) is 3.22. The van der Waals surface area contributed by atoms with Crippen LogP contribution in [0.15, 0.2) is 52.0 Å². The summed E-state index contributed by atoms with van der Waals surface area (Å²) in [4.78, 5) is 4.57. The van der Waals surface area contributed by atoms with Crippen LogP contribution in [0.25, 0.3) is 22.8 Å². The lowest BCUT2D eigenvalue weighted by Crippen LogP contribution is -1.92. The number of rotatable bonds is 7. The Morgan fingerprint density at radius 3 is 2.57 bits per heavy atom. The molecule has 0 aliphatic carbocycles. The Kier molecular flexibility index (Phi) is 5.71. The highest BCUT2D eigenvalue weighted by Crippen LogP contribution is 2.36. The SMILES string of the molecule is COc1ccc(-c2nc(SC(C)c3nnc(-c4ccc(C)cc4)o3)n[nH]2)c(OC)c1. The molecule has 0 aliphatic rings. The number of thioether (sulfide) groups is 1. The third-order valence-electron chi connectivity index (χ3n) is 4.50. The van der Waals surface area contributed by atoms with Crippen molar-refractivity contribution in [3.63, 3.8) is 0 Å². The van der Waals surface area contributed by atoms with E-state index in [1.54, 1.807) is 20.3 Å². The van der Waals surface area contributed by atoms with Gasteiger partial charge in [0.1, 0.15) is 11.5 Å². The average Bonchev–Trinajstić information content (AvgIpc) is 3.44. The predicted molar refractivity (Wildman–Crippen MR) is 114 cm³/mol. The second kappa shape index (κ2) is 8.58. The zero-order valence-electron chi connectivity index (χ0n) is 17.0. The minimum atomic E-state index is -0.113. The van der Waals surface area contributed by atoms with Gasteiger partial charge in [-0.15, -0.1) is 15.3 Å². The number of methoxy groups -OCH3 is 2. The van der Waals surface area contributed by atoms with E-state index in [0.29, 0.717) is 34.3 Å². The fraction of sp³-hybridized carbons (Fsp3) is 0.238. The van der Waals surface area contributed by atoms with Gasteiger partial charge in [0.15, 0.2) is 5.82 Å². The zero-order chi connectivity index (χ0) is 21.1. The summed E-state index contributed by atoms with van der Waals surface area (Å²) >= 11 is 1.43. The molecule has 0 saturated heterocycles. The fourth-order valence-corrected chi connectivity index (χ4v) is 3.59. The third kappa shape index (κ3) is 4.16. The Morgan fingerprint density at radius 2 is 1.83 bits per heavy atom. The van der Waals surface area contributed by atoms with Crippen molar-refractivity contribution in [1.82, 2.24) is 25.4 Å². The van der Waals surface area contributed by atoms with Crippen molar-refractivity contribution >= 4 is 11.8 Å². The topological polar surface area (TPSA) is 99.0 Å². The Bertz CT molecular complexity index is 1140. The van der Waals surface area contributed by atoms with Crippen molar-refractivity contribution in [1.29, 1.82) is 0 Å². The molecule has 0 radical (unpaired) electrons. The first kappa shape index (κ1) is 20.0. The lowest BCUT2D eigenvalue weighted by atomic mass is 10.1. The minimum Gasteiger partial charge on any atom is -0.497 e. The van der Waals surface area contributed by atoms with Crippen molar-refractivity contribution in [2.24, 2.45) is 0 Å². The van der Waals surface area contributed by atoms with Crippen LogP contribution in [0, 0.1) is 6.92 Å². The molecule has 4 rings (SSSR count). The number of aryl methyl sites for hydroxylation is 1. The molecule has 154 valence electrons. The molecule has 0 fully saturated rings. The van der Waals surface area contributed by atoms with Crippen LogP contribution < -0.4 is 9.47 Å². The number of aromatic amines is 1. The van der Waals surface area contributed by atoms with E-state index < -0.39 is 0 Å². The van der Waals surface area contributed by atoms with Crippen LogP contribution in [0.3, 0.4) is 0 Å². The molecule has 4 aromatic rings. The van der Waals surface area contributed by atoms with Gasteiger partial charge in [-0.05, 0) is 38.1 Å². The Morgan fingerprint density at radius 1 is 1.03 bits per heavy atom. The molecule has 2 aromatic heterocycles. The maximum absolute atomic E-state index is 5.85. The summed E-state index contributed by atoms with van der Waals surface area (Å²) < 4.78 is 16.5. The van der Waals surface area contributed by atoms with E-state index in [9.17, 15) is 0 Å². The van der Waals surface area contributed by atoms with Gasteiger partial charge in [-0.25, -0.2) is 4.98 Å². The van der Waals surface area contributed by atoms with Gasteiger partial charge < -0.3 is 13.9 Å². The molecule has 9 heteroatoms. The van der Waals surface area contributed by atoms with E-state index >= 15 is 0 Å². The monoisotopic (exact) mass is 423 g/mol. The first-order valence-corrected chi connectivity index (χ1v) is 10.2. The molecule has 0 amide bonds. The summed E-state index contributed by atoms with van der Waals surface area (Å²) in [5.41, 5.74) is 2.87. The molecule has 2 aromatic carbocycles. The van der Waals surface area contributed by atoms with Gasteiger partial charge in [0.2, 0.25) is 16.9 Å². The molecule has 1 unspecified atom stereocenters. The van der Waals surface area contributed by atoms with E-state index in [4.69, 9.17) is 13.9 Å². The van der Waals surface area contributed by atoms with Crippen LogP contribution >= 0.6 is 11.8 Å². The van der Waals surface area contributed by atoms with Gasteiger partial charge in [0.25, 0.3) is 0 Å². The molecule has 0 bridgehead atoms. The van der Waals surface area contributed by atoms with E-state index in [1.165, 1.54) is 17.3 Å². The molecule has 1 N–H and O–H groups in total. The summed E-state index contributed by atoms with van der Waals surface area (Å²) in [6.07, 6.45) is 0. The number of nitrogens with one attached hydrogen (secondary N) is 1. The number of benzene rings is 2. The van der Waals surface area contributed by atoms with Crippen LogP contribution in [0.2, 0.25) is 0 Å². The van der Waals surface area contributed by atoms with Gasteiger partial charge in [-0.3, -0.25) is 5.10 Å². The Hall–Kier alpha value is -3.33. The van der Waals surface area contributed by atoms with Crippen LogP contribution in [0.5, 0.6) is 11.5 Å². The average molecular weight is 423 g/mol. The number of nitrogens with zero attached hydrogens (tertiary/aromatic N) is 4. The molecule has 8 nitrogen and oxygen atoms in total. The van der Waals surface area contributed by atoms with E-state index in [0.717, 1.165) is 11.1 Å². The van der Waals surface area contributed by atoms with Gasteiger partial charge in [0.05, 0.1) is 25.0 Å². The normalized spacial score (nSPS) is 12.0. The molecule has 0 saturated carbocycles. The number of hydrogen-bond acceptors (Lipinski definition) is 8. The quantitative estimate of drug-likeness (QED) is 0.427. The van der Waals surface area contributed by atoms with Crippen LogP contribution in [0.4, 0.5) is 0 Å². The van der Waals surface area contributed by atoms with Gasteiger partial charge in [-0.1, -0.05) is 29.5 Å². The van der Waals surface area contributed by atoms with E-state index in [-0.39, 0.29) is 5.25 Å². The number of hydrogen-bond donors (Lipinski definition) is 1. The van der Waals surface area contributed by atoms with Crippen LogP contribution in [-0.4, -0.2) is 39.6 Å². The maximum Gasteiger partial charge on any atom is 0.247 e. The highest BCUT2D eigenvalue weighted by Gasteiger charge is 2.19. The summed E-state index contributed by atoms with van der Waals surface area (Å²) in [5.74, 6) is 2.98. The van der Waals surface area contributed by atoms with Gasteiger partial charge in [0, 0.05) is 11.6 Å². The van der Waals surface area contributed by atoms with Gasteiger partial charge >= 0.3 is 0 Å². The van der Waals surface area contributed by atoms with Crippen molar-refractivity contribution in [3.05, 3.63) is 53.9 Å². The van der Waals surface area contributed by atoms with Crippen molar-refractivity contribution in [2.45, 2.75) is 24.3 Å². The Labute approximate surface area is 178 Å². The van der Waals surface area contributed by atoms with Crippen LogP contribution in [-0.2, 0) is 0 Å². The predicted octanol–water partition coefficient (Wildman–Crippen LogP) is 4.70.